The number of aromatic carboxylic acids is 1. The number of carbonyl (C=O) groups is 1. The van der Waals surface area contributed by atoms with Crippen LogP contribution in [0.1, 0.15) is 15.9 Å². The summed E-state index contributed by atoms with van der Waals surface area (Å²) in [6.07, 6.45) is 3.58. The van der Waals surface area contributed by atoms with Crippen molar-refractivity contribution in [2.45, 2.75) is 6.54 Å². The third kappa shape index (κ3) is 3.47. The summed E-state index contributed by atoms with van der Waals surface area (Å²) in [6, 6.07) is 12.5. The number of rotatable bonds is 6. The molecule has 1 N–H and O–H groups in total. The molecule has 1 aromatic heterocycles. The molecule has 0 aliphatic heterocycles. The maximum absolute atomic E-state index is 11.1. The molecule has 0 saturated carbocycles. The fourth-order valence-electron chi connectivity index (χ4n) is 2.67. The fraction of sp³-hybridized carbons (Fsp3) is 0.158. The van der Waals surface area contributed by atoms with Gasteiger partial charge in [-0.1, -0.05) is 12.1 Å². The first-order valence-corrected chi connectivity index (χ1v) is 7.68. The normalized spacial score (nSPS) is 10.5. The van der Waals surface area contributed by atoms with Gasteiger partial charge in [-0.15, -0.1) is 0 Å². The minimum Gasteiger partial charge on any atom is -0.493 e. The number of nitrogens with zero attached hydrogens (tertiary/aromatic N) is 2. The van der Waals surface area contributed by atoms with Gasteiger partial charge in [0, 0.05) is 24.5 Å². The van der Waals surface area contributed by atoms with Crippen LogP contribution in [-0.4, -0.2) is 34.8 Å². The Balaban J connectivity index is 1.93. The van der Waals surface area contributed by atoms with Crippen LogP contribution in [0.25, 0.3) is 11.4 Å². The Kier molecular flexibility index (Phi) is 4.70. The van der Waals surface area contributed by atoms with Gasteiger partial charge in [0.15, 0.2) is 11.5 Å². The first-order valence-electron chi connectivity index (χ1n) is 7.68. The number of hydrogen-bond acceptors (Lipinski definition) is 4. The van der Waals surface area contributed by atoms with Gasteiger partial charge in [0.25, 0.3) is 0 Å². The van der Waals surface area contributed by atoms with Crippen LogP contribution < -0.4 is 9.47 Å². The van der Waals surface area contributed by atoms with Gasteiger partial charge in [0.2, 0.25) is 0 Å². The minimum absolute atomic E-state index is 0.269. The first kappa shape index (κ1) is 16.6. The summed E-state index contributed by atoms with van der Waals surface area (Å²) in [5.74, 6) is 1.11. The highest BCUT2D eigenvalue weighted by molar-refractivity contribution is 5.87. The Morgan fingerprint density at radius 1 is 1.12 bits per heavy atom. The molecule has 0 aliphatic rings. The van der Waals surface area contributed by atoms with E-state index in [4.69, 9.17) is 14.6 Å². The molecule has 0 bridgehead atoms. The molecular formula is C19H18N2O4. The number of carboxylic acid groups (broad SMARTS) is 1. The molecule has 6 heteroatoms. The summed E-state index contributed by atoms with van der Waals surface area (Å²) < 4.78 is 12.6. The molecule has 128 valence electrons. The van der Waals surface area contributed by atoms with Crippen LogP contribution in [0.2, 0.25) is 0 Å². The van der Waals surface area contributed by atoms with E-state index in [9.17, 15) is 4.79 Å². The first-order chi connectivity index (χ1) is 12.1. The molecule has 25 heavy (non-hydrogen) atoms. The van der Waals surface area contributed by atoms with Crippen LogP contribution in [0.4, 0.5) is 0 Å². The predicted octanol–water partition coefficient (Wildman–Crippen LogP) is 3.31. The summed E-state index contributed by atoms with van der Waals surface area (Å²) in [5.41, 5.74) is 2.04. The summed E-state index contributed by atoms with van der Waals surface area (Å²) in [5, 5.41) is 9.13. The van der Waals surface area contributed by atoms with E-state index in [1.807, 2.05) is 35.0 Å². The van der Waals surface area contributed by atoms with Crippen molar-refractivity contribution in [1.82, 2.24) is 9.55 Å². The predicted molar refractivity (Wildman–Crippen MR) is 93.3 cm³/mol. The van der Waals surface area contributed by atoms with Crippen molar-refractivity contribution in [3.63, 3.8) is 0 Å². The van der Waals surface area contributed by atoms with E-state index in [-0.39, 0.29) is 5.56 Å². The third-order valence-electron chi connectivity index (χ3n) is 3.88. The lowest BCUT2D eigenvalue weighted by molar-refractivity contribution is 0.0696. The van der Waals surface area contributed by atoms with E-state index in [0.29, 0.717) is 18.0 Å². The molecule has 0 saturated heterocycles. The van der Waals surface area contributed by atoms with Crippen molar-refractivity contribution in [1.29, 1.82) is 0 Å². The summed E-state index contributed by atoms with van der Waals surface area (Å²) >= 11 is 0. The van der Waals surface area contributed by atoms with Crippen LogP contribution in [0.3, 0.4) is 0 Å². The molecule has 0 radical (unpaired) electrons. The Labute approximate surface area is 145 Å². The van der Waals surface area contributed by atoms with Crippen molar-refractivity contribution in [3.05, 3.63) is 66.0 Å². The van der Waals surface area contributed by atoms with Gasteiger partial charge >= 0.3 is 5.97 Å². The van der Waals surface area contributed by atoms with Gasteiger partial charge in [0.05, 0.1) is 19.8 Å². The zero-order valence-corrected chi connectivity index (χ0v) is 14.0. The quantitative estimate of drug-likeness (QED) is 0.746. The number of methoxy groups -OCH3 is 2. The average molecular weight is 338 g/mol. The van der Waals surface area contributed by atoms with Crippen molar-refractivity contribution < 1.29 is 19.4 Å². The molecule has 1 heterocycles. The van der Waals surface area contributed by atoms with E-state index >= 15 is 0 Å². The highest BCUT2D eigenvalue weighted by Crippen LogP contribution is 2.31. The number of hydrogen-bond donors (Lipinski definition) is 1. The topological polar surface area (TPSA) is 73.6 Å². The molecule has 0 atom stereocenters. The molecule has 3 aromatic rings. The van der Waals surface area contributed by atoms with Crippen molar-refractivity contribution in [3.8, 4) is 22.9 Å². The smallest absolute Gasteiger partial charge is 0.335 e. The van der Waals surface area contributed by atoms with Gasteiger partial charge in [0.1, 0.15) is 5.82 Å². The van der Waals surface area contributed by atoms with E-state index in [1.54, 1.807) is 38.6 Å². The molecule has 0 amide bonds. The standard InChI is InChI=1S/C19H18N2O4/c1-24-16-7-6-14(11-17(16)25-2)18-20-8-9-21(18)12-13-4-3-5-15(10-13)19(22)23/h3-11H,12H2,1-2H3,(H,22,23). The van der Waals surface area contributed by atoms with E-state index < -0.39 is 5.97 Å². The lowest BCUT2D eigenvalue weighted by Gasteiger charge is -2.12. The van der Waals surface area contributed by atoms with Gasteiger partial charge in [-0.3, -0.25) is 0 Å². The largest absolute Gasteiger partial charge is 0.493 e. The number of aromatic nitrogens is 2. The molecule has 2 aromatic carbocycles. The molecule has 0 unspecified atom stereocenters. The Morgan fingerprint density at radius 3 is 2.64 bits per heavy atom. The van der Waals surface area contributed by atoms with E-state index in [0.717, 1.165) is 17.0 Å². The van der Waals surface area contributed by atoms with Crippen LogP contribution in [0.5, 0.6) is 11.5 Å². The molecule has 0 spiro atoms. The van der Waals surface area contributed by atoms with Crippen LogP contribution in [0, 0.1) is 0 Å². The van der Waals surface area contributed by atoms with Crippen molar-refractivity contribution >= 4 is 5.97 Å². The Hall–Kier alpha value is -3.28. The van der Waals surface area contributed by atoms with Gasteiger partial charge in [-0.25, -0.2) is 9.78 Å². The average Bonchev–Trinajstić information content (AvgIpc) is 3.09. The molecule has 3 rings (SSSR count). The van der Waals surface area contributed by atoms with Crippen LogP contribution >= 0.6 is 0 Å². The number of imidazole rings is 1. The lowest BCUT2D eigenvalue weighted by atomic mass is 10.1. The van der Waals surface area contributed by atoms with Gasteiger partial charge in [-0.05, 0) is 35.9 Å². The molecule has 6 nitrogen and oxygen atoms in total. The molecule has 0 aliphatic carbocycles. The summed E-state index contributed by atoms with van der Waals surface area (Å²) in [7, 11) is 3.18. The number of ether oxygens (including phenoxy) is 2. The van der Waals surface area contributed by atoms with E-state index in [2.05, 4.69) is 4.98 Å². The van der Waals surface area contributed by atoms with Crippen LogP contribution in [-0.2, 0) is 6.54 Å². The highest BCUT2D eigenvalue weighted by Gasteiger charge is 2.11. The molecular weight excluding hydrogens is 320 g/mol. The van der Waals surface area contributed by atoms with Crippen LogP contribution in [0.15, 0.2) is 54.9 Å². The monoisotopic (exact) mass is 338 g/mol. The Morgan fingerprint density at radius 2 is 1.92 bits per heavy atom. The zero-order chi connectivity index (χ0) is 17.8. The second-order valence-electron chi connectivity index (χ2n) is 5.45. The van der Waals surface area contributed by atoms with E-state index in [1.165, 1.54) is 0 Å². The SMILES string of the molecule is COc1ccc(-c2nccn2Cc2cccc(C(=O)O)c2)cc1OC. The maximum atomic E-state index is 11.1. The highest BCUT2D eigenvalue weighted by atomic mass is 16.5. The van der Waals surface area contributed by atoms with Crippen molar-refractivity contribution in [2.75, 3.05) is 14.2 Å². The summed E-state index contributed by atoms with van der Waals surface area (Å²) in [6.45, 7) is 0.519. The maximum Gasteiger partial charge on any atom is 0.335 e. The zero-order valence-electron chi connectivity index (χ0n) is 14.0. The minimum atomic E-state index is -0.937. The van der Waals surface area contributed by atoms with Gasteiger partial charge < -0.3 is 19.1 Å². The molecule has 0 fully saturated rings. The fourth-order valence-corrected chi connectivity index (χ4v) is 2.67. The number of carboxylic acids is 1. The van der Waals surface area contributed by atoms with Gasteiger partial charge in [-0.2, -0.15) is 0 Å². The third-order valence-corrected chi connectivity index (χ3v) is 3.88. The number of benzene rings is 2. The lowest BCUT2D eigenvalue weighted by Crippen LogP contribution is -2.03. The Bertz CT molecular complexity index is 902. The second-order valence-corrected chi connectivity index (χ2v) is 5.45. The summed E-state index contributed by atoms with van der Waals surface area (Å²) in [4.78, 5) is 15.6. The second kappa shape index (κ2) is 7.09. The van der Waals surface area contributed by atoms with Crippen molar-refractivity contribution in [2.24, 2.45) is 0 Å².